The van der Waals surface area contributed by atoms with E-state index in [1.807, 2.05) is 36.1 Å². The quantitative estimate of drug-likeness (QED) is 0.817. The molecule has 2 aliphatic heterocycles. The lowest BCUT2D eigenvalue weighted by atomic mass is 10.0. The number of nitrogens with one attached hydrogen (secondary N) is 2. The number of carbonyl (C=O) groups is 1. The van der Waals surface area contributed by atoms with Crippen molar-refractivity contribution in [3.8, 4) is 5.75 Å². The summed E-state index contributed by atoms with van der Waals surface area (Å²) in [5, 5.41) is 6.08. The number of benzene rings is 1. The lowest BCUT2D eigenvalue weighted by Crippen LogP contribution is -2.52. The van der Waals surface area contributed by atoms with Crippen molar-refractivity contribution < 1.29 is 9.53 Å². The predicted molar refractivity (Wildman–Crippen MR) is 111 cm³/mol. The van der Waals surface area contributed by atoms with Crippen LogP contribution in [-0.2, 0) is 13.0 Å². The van der Waals surface area contributed by atoms with Crippen molar-refractivity contribution in [3.63, 3.8) is 0 Å². The van der Waals surface area contributed by atoms with Crippen molar-refractivity contribution in [1.82, 2.24) is 20.2 Å². The second-order valence-corrected chi connectivity index (χ2v) is 7.54. The van der Waals surface area contributed by atoms with Gasteiger partial charge in [0.15, 0.2) is 5.82 Å². The Morgan fingerprint density at radius 1 is 1.21 bits per heavy atom. The fourth-order valence-corrected chi connectivity index (χ4v) is 3.97. The molecule has 8 nitrogen and oxygen atoms in total. The fraction of sp³-hybridized carbons (Fsp3) is 0.476. The molecule has 0 bridgehead atoms. The number of anilines is 1. The standard InChI is InChI=1S/C21H27N5O3/c1-2-25-12-9-22-19(20(25)27)26-10-7-16(8-11-26)23-21(28)24-17-13-15-5-3-4-6-18(15)29-14-17/h3-6,9,12,16-17H,2,7-8,10-11,13-14H2,1H3,(H2,23,24,28)/t17-/m0/s1. The van der Waals surface area contributed by atoms with Gasteiger partial charge in [0.05, 0.1) is 6.04 Å². The zero-order valence-electron chi connectivity index (χ0n) is 16.6. The van der Waals surface area contributed by atoms with Crippen molar-refractivity contribution >= 4 is 11.8 Å². The van der Waals surface area contributed by atoms with Gasteiger partial charge >= 0.3 is 6.03 Å². The van der Waals surface area contributed by atoms with Crippen molar-refractivity contribution in [1.29, 1.82) is 0 Å². The Hall–Kier alpha value is -3.03. The summed E-state index contributed by atoms with van der Waals surface area (Å²) in [6, 6.07) is 7.80. The molecule has 0 aliphatic carbocycles. The SMILES string of the molecule is CCn1ccnc(N2CCC(NC(=O)N[C@@H]3COc4ccccc4C3)CC2)c1=O. The van der Waals surface area contributed by atoms with Crippen LogP contribution < -0.4 is 25.8 Å². The fourth-order valence-electron chi connectivity index (χ4n) is 3.97. The number of carbonyl (C=O) groups excluding carboxylic acids is 1. The zero-order valence-corrected chi connectivity index (χ0v) is 16.6. The normalized spacial score (nSPS) is 19.2. The van der Waals surface area contributed by atoms with E-state index >= 15 is 0 Å². The molecule has 0 unspecified atom stereocenters. The van der Waals surface area contributed by atoms with Crippen LogP contribution in [0.2, 0.25) is 0 Å². The molecule has 2 N–H and O–H groups in total. The second-order valence-electron chi connectivity index (χ2n) is 7.54. The molecule has 0 saturated carbocycles. The first-order valence-electron chi connectivity index (χ1n) is 10.2. The number of aryl methyl sites for hydroxylation is 1. The third-order valence-corrected chi connectivity index (χ3v) is 5.58. The molecule has 4 rings (SSSR count). The average molecular weight is 397 g/mol. The summed E-state index contributed by atoms with van der Waals surface area (Å²) >= 11 is 0. The van der Waals surface area contributed by atoms with Gasteiger partial charge in [-0.3, -0.25) is 4.79 Å². The van der Waals surface area contributed by atoms with Crippen LogP contribution in [0.3, 0.4) is 0 Å². The summed E-state index contributed by atoms with van der Waals surface area (Å²) in [6.07, 6.45) is 5.70. The minimum Gasteiger partial charge on any atom is -0.491 e. The summed E-state index contributed by atoms with van der Waals surface area (Å²) in [4.78, 5) is 31.1. The minimum atomic E-state index is -0.164. The highest BCUT2D eigenvalue weighted by Gasteiger charge is 2.25. The van der Waals surface area contributed by atoms with E-state index < -0.39 is 0 Å². The van der Waals surface area contributed by atoms with Crippen LogP contribution in [0.5, 0.6) is 5.75 Å². The maximum Gasteiger partial charge on any atom is 0.315 e. The van der Waals surface area contributed by atoms with Gasteiger partial charge in [0.25, 0.3) is 5.56 Å². The molecule has 8 heteroatoms. The van der Waals surface area contributed by atoms with E-state index in [0.29, 0.717) is 32.1 Å². The zero-order chi connectivity index (χ0) is 20.2. The summed E-state index contributed by atoms with van der Waals surface area (Å²) < 4.78 is 7.39. The Balaban J connectivity index is 1.27. The van der Waals surface area contributed by atoms with Crippen LogP contribution in [0.4, 0.5) is 10.6 Å². The van der Waals surface area contributed by atoms with Gasteiger partial charge in [-0.25, -0.2) is 9.78 Å². The van der Waals surface area contributed by atoms with Gasteiger partial charge in [-0.2, -0.15) is 0 Å². The van der Waals surface area contributed by atoms with Crippen LogP contribution in [0.1, 0.15) is 25.3 Å². The Labute approximate surface area is 169 Å². The van der Waals surface area contributed by atoms with Crippen LogP contribution >= 0.6 is 0 Å². The van der Waals surface area contributed by atoms with E-state index in [-0.39, 0.29) is 23.7 Å². The van der Waals surface area contributed by atoms with Gasteiger partial charge in [-0.15, -0.1) is 0 Å². The molecular formula is C21H27N5O3. The van der Waals surface area contributed by atoms with Gasteiger partial charge in [0, 0.05) is 38.1 Å². The number of ether oxygens (including phenoxy) is 1. The number of aromatic nitrogens is 2. The summed E-state index contributed by atoms with van der Waals surface area (Å²) in [5.41, 5.74) is 1.06. The number of piperidine rings is 1. The first-order chi connectivity index (χ1) is 14.1. The van der Waals surface area contributed by atoms with Gasteiger partial charge in [0.2, 0.25) is 0 Å². The summed E-state index contributed by atoms with van der Waals surface area (Å²) in [6.45, 7) is 4.44. The molecular weight excluding hydrogens is 370 g/mol. The van der Waals surface area contributed by atoms with Crippen LogP contribution in [0.25, 0.3) is 0 Å². The highest BCUT2D eigenvalue weighted by Crippen LogP contribution is 2.23. The molecule has 1 atom stereocenters. The van der Waals surface area contributed by atoms with Crippen LogP contribution in [0, 0.1) is 0 Å². The number of fused-ring (bicyclic) bond motifs is 1. The molecule has 29 heavy (non-hydrogen) atoms. The molecule has 0 spiro atoms. The van der Waals surface area contributed by atoms with Crippen molar-refractivity contribution in [2.24, 2.45) is 0 Å². The number of amides is 2. The Morgan fingerprint density at radius 3 is 2.76 bits per heavy atom. The van der Waals surface area contributed by atoms with Crippen LogP contribution in [0.15, 0.2) is 41.5 Å². The third kappa shape index (κ3) is 4.36. The first-order valence-corrected chi connectivity index (χ1v) is 10.2. The number of nitrogens with zero attached hydrogens (tertiary/aromatic N) is 3. The largest absolute Gasteiger partial charge is 0.491 e. The molecule has 2 aliphatic rings. The summed E-state index contributed by atoms with van der Waals surface area (Å²) in [5.74, 6) is 1.39. The number of hydrogen-bond donors (Lipinski definition) is 2. The Morgan fingerprint density at radius 2 is 1.97 bits per heavy atom. The van der Waals surface area contributed by atoms with E-state index in [1.165, 1.54) is 0 Å². The van der Waals surface area contributed by atoms with E-state index in [0.717, 1.165) is 30.6 Å². The molecule has 2 amide bonds. The monoisotopic (exact) mass is 397 g/mol. The number of para-hydroxylation sites is 1. The average Bonchev–Trinajstić information content (AvgIpc) is 2.74. The predicted octanol–water partition coefficient (Wildman–Crippen LogP) is 1.53. The van der Waals surface area contributed by atoms with Crippen molar-refractivity contribution in [2.75, 3.05) is 24.6 Å². The highest BCUT2D eigenvalue weighted by atomic mass is 16.5. The third-order valence-electron chi connectivity index (χ3n) is 5.58. The lowest BCUT2D eigenvalue weighted by molar-refractivity contribution is 0.210. The van der Waals surface area contributed by atoms with Crippen molar-refractivity contribution in [2.45, 2.75) is 44.8 Å². The van der Waals surface area contributed by atoms with E-state index in [9.17, 15) is 9.59 Å². The highest BCUT2D eigenvalue weighted by molar-refractivity contribution is 5.74. The van der Waals surface area contributed by atoms with Gasteiger partial charge in [0.1, 0.15) is 12.4 Å². The van der Waals surface area contributed by atoms with Gasteiger partial charge < -0.3 is 24.8 Å². The number of hydrogen-bond acceptors (Lipinski definition) is 5. The minimum absolute atomic E-state index is 0.0361. The topological polar surface area (TPSA) is 88.5 Å². The second kappa shape index (κ2) is 8.55. The molecule has 2 aromatic rings. The smallest absolute Gasteiger partial charge is 0.315 e. The number of urea groups is 1. The van der Waals surface area contributed by atoms with E-state index in [2.05, 4.69) is 15.6 Å². The molecule has 3 heterocycles. The molecule has 1 aromatic heterocycles. The van der Waals surface area contributed by atoms with Crippen LogP contribution in [-0.4, -0.2) is 47.4 Å². The Kier molecular flexibility index (Phi) is 5.69. The Bertz CT molecular complexity index is 921. The molecule has 0 radical (unpaired) electrons. The molecule has 1 saturated heterocycles. The van der Waals surface area contributed by atoms with Crippen molar-refractivity contribution in [3.05, 3.63) is 52.6 Å². The molecule has 1 aromatic carbocycles. The maximum absolute atomic E-state index is 12.4. The maximum atomic E-state index is 12.4. The lowest BCUT2D eigenvalue weighted by Gasteiger charge is -2.33. The first kappa shape index (κ1) is 19.3. The number of rotatable bonds is 4. The van der Waals surface area contributed by atoms with Gasteiger partial charge in [-0.1, -0.05) is 18.2 Å². The van der Waals surface area contributed by atoms with E-state index in [4.69, 9.17) is 4.74 Å². The summed E-state index contributed by atoms with van der Waals surface area (Å²) in [7, 11) is 0. The van der Waals surface area contributed by atoms with E-state index in [1.54, 1.807) is 17.0 Å². The molecule has 1 fully saturated rings. The van der Waals surface area contributed by atoms with Gasteiger partial charge in [-0.05, 0) is 37.8 Å². The molecule has 154 valence electrons.